The van der Waals surface area contributed by atoms with Crippen molar-refractivity contribution in [3.63, 3.8) is 0 Å². The van der Waals surface area contributed by atoms with Gasteiger partial charge in [0, 0.05) is 25.6 Å². The molecule has 0 fully saturated rings. The van der Waals surface area contributed by atoms with E-state index in [1.165, 1.54) is 11.1 Å². The van der Waals surface area contributed by atoms with Gasteiger partial charge in [-0.2, -0.15) is 5.10 Å². The third-order valence-corrected chi connectivity index (χ3v) is 5.98. The van der Waals surface area contributed by atoms with E-state index in [1.54, 1.807) is 17.7 Å². The molecular formula is C24H19IrN4S-. The molecule has 0 saturated heterocycles. The molecule has 0 saturated carbocycles. The predicted octanol–water partition coefficient (Wildman–Crippen LogP) is 5.93. The van der Waals surface area contributed by atoms with Gasteiger partial charge in [0.1, 0.15) is 6.33 Å². The van der Waals surface area contributed by atoms with Crippen molar-refractivity contribution in [3.8, 4) is 28.2 Å². The molecule has 5 aromatic rings. The predicted molar refractivity (Wildman–Crippen MR) is 118 cm³/mol. The van der Waals surface area contributed by atoms with Crippen LogP contribution in [0.15, 0.2) is 60.9 Å². The molecule has 5 rings (SSSR count). The van der Waals surface area contributed by atoms with Crippen LogP contribution in [0.2, 0.25) is 0 Å². The van der Waals surface area contributed by atoms with Crippen LogP contribution in [0.5, 0.6) is 0 Å². The number of aromatic nitrogens is 4. The zero-order chi connectivity index (χ0) is 20.0. The molecule has 0 amide bonds. The molecule has 151 valence electrons. The van der Waals surface area contributed by atoms with Crippen LogP contribution in [0.1, 0.15) is 16.1 Å². The van der Waals surface area contributed by atoms with E-state index in [0.29, 0.717) is 0 Å². The molecule has 0 unspecified atom stereocenters. The van der Waals surface area contributed by atoms with Gasteiger partial charge < -0.3 is 0 Å². The van der Waals surface area contributed by atoms with Gasteiger partial charge in [-0.3, -0.25) is 14.6 Å². The van der Waals surface area contributed by atoms with Crippen molar-refractivity contribution in [2.75, 3.05) is 0 Å². The van der Waals surface area contributed by atoms with Crippen LogP contribution in [0.3, 0.4) is 0 Å². The fourth-order valence-corrected chi connectivity index (χ4v) is 4.67. The zero-order valence-corrected chi connectivity index (χ0v) is 20.0. The Balaban J connectivity index is 0.00000218. The fraction of sp³-hybridized carbons (Fsp3) is 0.125. The Morgan fingerprint density at radius 2 is 1.67 bits per heavy atom. The molecule has 0 aliphatic carbocycles. The van der Waals surface area contributed by atoms with E-state index in [2.05, 4.69) is 72.5 Å². The molecule has 30 heavy (non-hydrogen) atoms. The van der Waals surface area contributed by atoms with Crippen LogP contribution >= 0.6 is 11.3 Å². The zero-order valence-electron chi connectivity index (χ0n) is 16.8. The fourth-order valence-electron chi connectivity index (χ4n) is 3.84. The summed E-state index contributed by atoms with van der Waals surface area (Å²) < 4.78 is 3.05. The summed E-state index contributed by atoms with van der Waals surface area (Å²) in [6, 6.07) is 22.2. The molecule has 0 spiro atoms. The van der Waals surface area contributed by atoms with E-state index < -0.39 is 0 Å². The number of fused-ring (bicyclic) bond motifs is 1. The minimum absolute atomic E-state index is 0. The Morgan fingerprint density at radius 3 is 2.40 bits per heavy atom. The van der Waals surface area contributed by atoms with Gasteiger partial charge in [-0.05, 0) is 59.9 Å². The van der Waals surface area contributed by atoms with Crippen LogP contribution in [-0.4, -0.2) is 19.7 Å². The molecule has 4 nitrogen and oxygen atoms in total. The first-order chi connectivity index (χ1) is 14.1. The van der Waals surface area contributed by atoms with E-state index in [0.717, 1.165) is 43.4 Å². The molecule has 2 aromatic heterocycles. The summed E-state index contributed by atoms with van der Waals surface area (Å²) >= 11 is 1.68. The van der Waals surface area contributed by atoms with Gasteiger partial charge in [-0.1, -0.05) is 35.9 Å². The maximum atomic E-state index is 4.71. The molecule has 0 aliphatic rings. The second-order valence-corrected chi connectivity index (χ2v) is 8.35. The summed E-state index contributed by atoms with van der Waals surface area (Å²) in [5.74, 6) is 0.763. The van der Waals surface area contributed by atoms with Crippen molar-refractivity contribution >= 4 is 21.6 Å². The molecule has 0 N–H and O–H groups in total. The Hall–Kier alpha value is -2.66. The maximum absolute atomic E-state index is 4.71. The largest absolute Gasteiger partial charge is 0.290 e. The van der Waals surface area contributed by atoms with Crippen molar-refractivity contribution in [1.82, 2.24) is 19.7 Å². The third-order valence-electron chi connectivity index (χ3n) is 5.04. The summed E-state index contributed by atoms with van der Waals surface area (Å²) in [5.41, 5.74) is 7.58. The van der Waals surface area contributed by atoms with Gasteiger partial charge in [0.15, 0.2) is 0 Å². The molecule has 0 bridgehead atoms. The van der Waals surface area contributed by atoms with Crippen LogP contribution in [0.25, 0.3) is 38.4 Å². The van der Waals surface area contributed by atoms with Crippen LogP contribution in [0, 0.1) is 26.8 Å². The molecular weight excluding hydrogens is 569 g/mol. The second kappa shape index (κ2) is 8.23. The van der Waals surface area contributed by atoms with E-state index in [1.807, 2.05) is 23.7 Å². The van der Waals surface area contributed by atoms with Crippen LogP contribution in [0.4, 0.5) is 0 Å². The molecule has 1 radical (unpaired) electrons. The van der Waals surface area contributed by atoms with Gasteiger partial charge in [-0.15, -0.1) is 29.5 Å². The maximum Gasteiger partial charge on any atom is 0.127 e. The van der Waals surface area contributed by atoms with Gasteiger partial charge in [-0.25, -0.2) is 0 Å². The Labute approximate surface area is 193 Å². The smallest absolute Gasteiger partial charge is 0.127 e. The number of hydrogen-bond donors (Lipinski definition) is 0. The van der Waals surface area contributed by atoms with Crippen LogP contribution < -0.4 is 0 Å². The van der Waals surface area contributed by atoms with E-state index in [4.69, 9.17) is 4.98 Å². The number of thiazole rings is 1. The topological polar surface area (TPSA) is 43.6 Å². The van der Waals surface area contributed by atoms with Gasteiger partial charge in [0.25, 0.3) is 0 Å². The number of rotatable bonds is 3. The SMILES string of the molecule is Cc1nc2c(-c3ncnn3-c3c(C)cc(-c4ccccc4)cc3C)[c-]ccc2s1.[Ir]. The molecule has 3 aromatic carbocycles. The van der Waals surface area contributed by atoms with E-state index in [9.17, 15) is 0 Å². The summed E-state index contributed by atoms with van der Waals surface area (Å²) in [6.07, 6.45) is 1.60. The van der Waals surface area contributed by atoms with E-state index in [-0.39, 0.29) is 20.1 Å². The monoisotopic (exact) mass is 588 g/mol. The first kappa shape index (κ1) is 20.6. The van der Waals surface area contributed by atoms with Gasteiger partial charge in [0.2, 0.25) is 0 Å². The Bertz CT molecular complexity index is 1320. The quantitative estimate of drug-likeness (QED) is 0.246. The van der Waals surface area contributed by atoms with Gasteiger partial charge >= 0.3 is 0 Å². The number of benzene rings is 3. The average Bonchev–Trinajstić information content (AvgIpc) is 3.33. The summed E-state index contributed by atoms with van der Waals surface area (Å²) in [7, 11) is 0. The van der Waals surface area contributed by atoms with Crippen molar-refractivity contribution in [2.45, 2.75) is 20.8 Å². The van der Waals surface area contributed by atoms with Crippen molar-refractivity contribution < 1.29 is 20.1 Å². The number of hydrogen-bond acceptors (Lipinski definition) is 4. The van der Waals surface area contributed by atoms with Crippen LogP contribution in [-0.2, 0) is 20.1 Å². The Morgan fingerprint density at radius 1 is 0.933 bits per heavy atom. The Kier molecular flexibility index (Phi) is 5.65. The standard InChI is InChI=1S/C24H19N4S.Ir/c1-15-12-19(18-8-5-4-6-9-18)13-16(2)23(15)28-24(25-14-26-28)20-10-7-11-21-22(20)27-17(3)29-21;/h4-9,11-14H,1-3H3;/q-1;. The number of aryl methyl sites for hydroxylation is 3. The summed E-state index contributed by atoms with van der Waals surface area (Å²) in [5, 5.41) is 5.60. The van der Waals surface area contributed by atoms with Gasteiger partial charge in [0.05, 0.1) is 16.5 Å². The minimum atomic E-state index is 0. The molecule has 0 atom stereocenters. The average molecular weight is 588 g/mol. The number of nitrogens with zero attached hydrogens (tertiary/aromatic N) is 4. The first-order valence-corrected chi connectivity index (χ1v) is 10.3. The summed E-state index contributed by atoms with van der Waals surface area (Å²) in [6.45, 7) is 6.27. The minimum Gasteiger partial charge on any atom is -0.290 e. The third kappa shape index (κ3) is 3.52. The van der Waals surface area contributed by atoms with E-state index >= 15 is 0 Å². The molecule has 0 aliphatic heterocycles. The molecule has 6 heteroatoms. The second-order valence-electron chi connectivity index (χ2n) is 7.12. The van der Waals surface area contributed by atoms with Crippen molar-refractivity contribution in [3.05, 3.63) is 83.1 Å². The van der Waals surface area contributed by atoms with Crippen molar-refractivity contribution in [2.24, 2.45) is 0 Å². The summed E-state index contributed by atoms with van der Waals surface area (Å²) in [4.78, 5) is 9.28. The first-order valence-electron chi connectivity index (χ1n) is 9.47. The molecule has 2 heterocycles. The normalized spacial score (nSPS) is 10.9. The van der Waals surface area contributed by atoms with Crippen molar-refractivity contribution in [1.29, 1.82) is 0 Å².